The predicted molar refractivity (Wildman–Crippen MR) is 55.7 cm³/mol. The van der Waals surface area contributed by atoms with E-state index in [0.717, 1.165) is 12.8 Å². The molecule has 0 aliphatic heterocycles. The molecule has 3 heteroatoms. The molecule has 1 saturated carbocycles. The van der Waals surface area contributed by atoms with Gasteiger partial charge in [-0.15, -0.1) is 0 Å². The van der Waals surface area contributed by atoms with E-state index >= 15 is 0 Å². The van der Waals surface area contributed by atoms with Crippen LogP contribution in [0.15, 0.2) is 18.2 Å². The van der Waals surface area contributed by atoms with Gasteiger partial charge >= 0.3 is 0 Å². The Bertz CT molecular complexity index is 366. The summed E-state index contributed by atoms with van der Waals surface area (Å²) in [6, 6.07) is 5.03. The standard InChI is InChI=1S/C11H13ClFN/c1-7-5-6-11(7,14)8-3-2-4-9(12)10(8)13/h2-4,7H,5-6,14H2,1H3. The van der Waals surface area contributed by atoms with Crippen LogP contribution in [0.5, 0.6) is 0 Å². The molecule has 2 atom stereocenters. The molecule has 1 aliphatic carbocycles. The minimum absolute atomic E-state index is 0.159. The Morgan fingerprint density at radius 1 is 1.57 bits per heavy atom. The van der Waals surface area contributed by atoms with Gasteiger partial charge in [0.05, 0.1) is 5.02 Å². The van der Waals surface area contributed by atoms with Crippen LogP contribution >= 0.6 is 11.6 Å². The highest BCUT2D eigenvalue weighted by atomic mass is 35.5. The molecule has 0 aromatic heterocycles. The fourth-order valence-corrected chi connectivity index (χ4v) is 2.18. The van der Waals surface area contributed by atoms with Crippen LogP contribution in [0.2, 0.25) is 5.02 Å². The molecule has 1 aromatic rings. The molecule has 2 unspecified atom stereocenters. The number of benzene rings is 1. The molecule has 1 nitrogen and oxygen atoms in total. The molecule has 76 valence electrons. The van der Waals surface area contributed by atoms with E-state index in [9.17, 15) is 4.39 Å². The van der Waals surface area contributed by atoms with Crippen molar-refractivity contribution < 1.29 is 4.39 Å². The first-order valence-electron chi connectivity index (χ1n) is 4.79. The van der Waals surface area contributed by atoms with E-state index < -0.39 is 5.54 Å². The van der Waals surface area contributed by atoms with Crippen LogP contribution < -0.4 is 5.73 Å². The Hall–Kier alpha value is -0.600. The van der Waals surface area contributed by atoms with Crippen molar-refractivity contribution in [2.24, 2.45) is 11.7 Å². The molecule has 0 heterocycles. The first kappa shape index (κ1) is 9.94. The monoisotopic (exact) mass is 213 g/mol. The summed E-state index contributed by atoms with van der Waals surface area (Å²) in [5.41, 5.74) is 6.19. The lowest BCUT2D eigenvalue weighted by Gasteiger charge is -2.45. The molecule has 2 rings (SSSR count). The molecular weight excluding hydrogens is 201 g/mol. The summed E-state index contributed by atoms with van der Waals surface area (Å²) in [7, 11) is 0. The molecule has 1 aromatic carbocycles. The molecule has 2 N–H and O–H groups in total. The van der Waals surface area contributed by atoms with E-state index in [1.807, 2.05) is 6.92 Å². The first-order valence-corrected chi connectivity index (χ1v) is 5.17. The lowest BCUT2D eigenvalue weighted by molar-refractivity contribution is 0.140. The molecule has 0 bridgehead atoms. The molecule has 1 fully saturated rings. The van der Waals surface area contributed by atoms with Crippen molar-refractivity contribution in [1.29, 1.82) is 0 Å². The van der Waals surface area contributed by atoms with Crippen molar-refractivity contribution in [3.63, 3.8) is 0 Å². The highest BCUT2D eigenvalue weighted by Crippen LogP contribution is 2.45. The van der Waals surface area contributed by atoms with Gasteiger partial charge in [-0.3, -0.25) is 0 Å². The van der Waals surface area contributed by atoms with Gasteiger partial charge in [-0.25, -0.2) is 4.39 Å². The maximum absolute atomic E-state index is 13.7. The largest absolute Gasteiger partial charge is 0.321 e. The summed E-state index contributed by atoms with van der Waals surface area (Å²) in [4.78, 5) is 0. The first-order chi connectivity index (χ1) is 6.55. The van der Waals surface area contributed by atoms with E-state index in [1.165, 1.54) is 0 Å². The van der Waals surface area contributed by atoms with Gasteiger partial charge in [0.2, 0.25) is 0 Å². The van der Waals surface area contributed by atoms with Crippen molar-refractivity contribution in [2.75, 3.05) is 0 Å². The van der Waals surface area contributed by atoms with E-state index in [2.05, 4.69) is 0 Å². The van der Waals surface area contributed by atoms with Crippen LogP contribution in [0.4, 0.5) is 4.39 Å². The third-order valence-electron chi connectivity index (χ3n) is 3.32. The lowest BCUT2D eigenvalue weighted by atomic mass is 9.64. The minimum atomic E-state index is -0.505. The van der Waals surface area contributed by atoms with Gasteiger partial charge in [0.15, 0.2) is 0 Å². The maximum atomic E-state index is 13.7. The van der Waals surface area contributed by atoms with Gasteiger partial charge in [-0.1, -0.05) is 30.7 Å². The smallest absolute Gasteiger partial charge is 0.146 e. The van der Waals surface area contributed by atoms with Crippen molar-refractivity contribution >= 4 is 11.6 Å². The summed E-state index contributed by atoms with van der Waals surface area (Å²) in [6.07, 6.45) is 1.90. The molecule has 1 aliphatic rings. The average molecular weight is 214 g/mol. The fourth-order valence-electron chi connectivity index (χ4n) is 2.01. The van der Waals surface area contributed by atoms with Gasteiger partial charge in [0, 0.05) is 11.1 Å². The van der Waals surface area contributed by atoms with Crippen LogP contribution in [0.25, 0.3) is 0 Å². The van der Waals surface area contributed by atoms with E-state index in [1.54, 1.807) is 18.2 Å². The van der Waals surface area contributed by atoms with Gasteiger partial charge in [-0.2, -0.15) is 0 Å². The minimum Gasteiger partial charge on any atom is -0.321 e. The number of hydrogen-bond donors (Lipinski definition) is 1. The van der Waals surface area contributed by atoms with Gasteiger partial charge in [-0.05, 0) is 24.8 Å². The van der Waals surface area contributed by atoms with Crippen LogP contribution in [-0.2, 0) is 5.54 Å². The van der Waals surface area contributed by atoms with Crippen LogP contribution in [0, 0.1) is 11.7 Å². The Kier molecular flexibility index (Phi) is 2.28. The molecule has 0 amide bonds. The SMILES string of the molecule is CC1CCC1(N)c1cccc(Cl)c1F. The van der Waals surface area contributed by atoms with Gasteiger partial charge in [0.1, 0.15) is 5.82 Å². The van der Waals surface area contributed by atoms with Gasteiger partial charge < -0.3 is 5.73 Å². The summed E-state index contributed by atoms with van der Waals surface area (Å²) in [6.45, 7) is 2.05. The van der Waals surface area contributed by atoms with Crippen molar-refractivity contribution in [3.8, 4) is 0 Å². The summed E-state index contributed by atoms with van der Waals surface area (Å²) in [5.74, 6) is -0.0290. The summed E-state index contributed by atoms with van der Waals surface area (Å²) < 4.78 is 13.7. The highest BCUT2D eigenvalue weighted by Gasteiger charge is 2.43. The molecule has 14 heavy (non-hydrogen) atoms. The quantitative estimate of drug-likeness (QED) is 0.763. The Balaban J connectivity index is 2.46. The summed E-state index contributed by atoms with van der Waals surface area (Å²) in [5, 5.41) is 0.159. The fraction of sp³-hybridized carbons (Fsp3) is 0.455. The van der Waals surface area contributed by atoms with E-state index in [-0.39, 0.29) is 10.8 Å². The van der Waals surface area contributed by atoms with Crippen molar-refractivity contribution in [3.05, 3.63) is 34.6 Å². The van der Waals surface area contributed by atoms with E-state index in [0.29, 0.717) is 11.5 Å². The number of hydrogen-bond acceptors (Lipinski definition) is 1. The third kappa shape index (κ3) is 1.25. The zero-order valence-corrected chi connectivity index (χ0v) is 8.81. The zero-order chi connectivity index (χ0) is 10.3. The highest BCUT2D eigenvalue weighted by molar-refractivity contribution is 6.30. The number of halogens is 2. The number of rotatable bonds is 1. The predicted octanol–water partition coefficient (Wildman–Crippen LogP) is 3.06. The number of nitrogens with two attached hydrogens (primary N) is 1. The van der Waals surface area contributed by atoms with Crippen molar-refractivity contribution in [1.82, 2.24) is 0 Å². The maximum Gasteiger partial charge on any atom is 0.146 e. The van der Waals surface area contributed by atoms with Crippen LogP contribution in [0.3, 0.4) is 0 Å². The zero-order valence-electron chi connectivity index (χ0n) is 8.06. The second-order valence-electron chi connectivity index (χ2n) is 4.08. The topological polar surface area (TPSA) is 26.0 Å². The third-order valence-corrected chi connectivity index (χ3v) is 3.62. The average Bonchev–Trinajstić information content (AvgIpc) is 2.19. The second-order valence-corrected chi connectivity index (χ2v) is 4.49. The Morgan fingerprint density at radius 3 is 2.79 bits per heavy atom. The normalized spacial score (nSPS) is 31.3. The van der Waals surface area contributed by atoms with Crippen LogP contribution in [0.1, 0.15) is 25.3 Å². The molecule has 0 spiro atoms. The summed E-state index contributed by atoms with van der Waals surface area (Å²) >= 11 is 5.72. The molecule has 0 saturated heterocycles. The van der Waals surface area contributed by atoms with Gasteiger partial charge in [0.25, 0.3) is 0 Å². The second kappa shape index (κ2) is 3.21. The van der Waals surface area contributed by atoms with E-state index in [4.69, 9.17) is 17.3 Å². The lowest BCUT2D eigenvalue weighted by Crippen LogP contribution is -2.51. The molecule has 0 radical (unpaired) electrons. The van der Waals surface area contributed by atoms with Crippen molar-refractivity contribution in [2.45, 2.75) is 25.3 Å². The van der Waals surface area contributed by atoms with Crippen LogP contribution in [-0.4, -0.2) is 0 Å². The Morgan fingerprint density at radius 2 is 2.29 bits per heavy atom. The molecular formula is C11H13ClFN. The Labute approximate surface area is 88.1 Å².